The van der Waals surface area contributed by atoms with E-state index < -0.39 is 5.82 Å². The maximum atomic E-state index is 13.8. The van der Waals surface area contributed by atoms with Crippen LogP contribution >= 0.6 is 0 Å². The SMILES string of the molecule is Cn1nccc1[C@@H]1OCCC[C@H]1CNC(=O)c1cc(F)cc2[nH]cnc12. The molecule has 0 bridgehead atoms. The number of aromatic nitrogens is 4. The molecular weight excluding hydrogens is 337 g/mol. The monoisotopic (exact) mass is 357 g/mol. The molecule has 1 aromatic carbocycles. The number of H-pyrrole nitrogens is 1. The van der Waals surface area contributed by atoms with Gasteiger partial charge in [0.05, 0.1) is 23.1 Å². The molecule has 0 radical (unpaired) electrons. The Morgan fingerprint density at radius 1 is 1.50 bits per heavy atom. The van der Waals surface area contributed by atoms with Gasteiger partial charge in [-0.25, -0.2) is 9.37 Å². The predicted molar refractivity (Wildman–Crippen MR) is 93.0 cm³/mol. The maximum Gasteiger partial charge on any atom is 0.253 e. The van der Waals surface area contributed by atoms with Crippen molar-refractivity contribution >= 4 is 16.9 Å². The number of aryl methyl sites for hydroxylation is 1. The molecule has 2 aromatic heterocycles. The molecule has 2 N–H and O–H groups in total. The third-order valence-electron chi connectivity index (χ3n) is 4.85. The van der Waals surface area contributed by atoms with E-state index in [1.807, 2.05) is 13.1 Å². The van der Waals surface area contributed by atoms with Gasteiger partial charge < -0.3 is 15.0 Å². The average Bonchev–Trinajstić information content (AvgIpc) is 3.27. The van der Waals surface area contributed by atoms with Crippen LogP contribution in [0.3, 0.4) is 0 Å². The Kier molecular flexibility index (Phi) is 4.42. The Hall–Kier alpha value is -2.74. The van der Waals surface area contributed by atoms with Crippen LogP contribution < -0.4 is 5.32 Å². The first kappa shape index (κ1) is 16.7. The minimum absolute atomic E-state index is 0.116. The zero-order chi connectivity index (χ0) is 18.1. The van der Waals surface area contributed by atoms with E-state index in [-0.39, 0.29) is 23.5 Å². The van der Waals surface area contributed by atoms with Crippen LogP contribution in [-0.2, 0) is 11.8 Å². The van der Waals surface area contributed by atoms with Gasteiger partial charge in [-0.1, -0.05) is 0 Å². The second-order valence-electron chi connectivity index (χ2n) is 6.54. The van der Waals surface area contributed by atoms with Crippen molar-refractivity contribution < 1.29 is 13.9 Å². The van der Waals surface area contributed by atoms with Crippen LogP contribution in [0.2, 0.25) is 0 Å². The van der Waals surface area contributed by atoms with Crippen molar-refractivity contribution in [1.29, 1.82) is 0 Å². The number of nitrogens with zero attached hydrogens (tertiary/aromatic N) is 3. The highest BCUT2D eigenvalue weighted by Gasteiger charge is 2.30. The van der Waals surface area contributed by atoms with Gasteiger partial charge in [-0.2, -0.15) is 5.10 Å². The Bertz CT molecular complexity index is 935. The third kappa shape index (κ3) is 3.08. The molecule has 0 spiro atoms. The van der Waals surface area contributed by atoms with Crippen LogP contribution in [0.4, 0.5) is 4.39 Å². The van der Waals surface area contributed by atoms with Gasteiger partial charge in [0.2, 0.25) is 0 Å². The Labute approximate surface area is 149 Å². The topological polar surface area (TPSA) is 84.8 Å². The van der Waals surface area contributed by atoms with Crippen molar-refractivity contribution in [1.82, 2.24) is 25.1 Å². The van der Waals surface area contributed by atoms with Gasteiger partial charge in [-0.15, -0.1) is 0 Å². The lowest BCUT2D eigenvalue weighted by atomic mass is 9.92. The van der Waals surface area contributed by atoms with E-state index in [1.54, 1.807) is 10.9 Å². The number of nitrogens with one attached hydrogen (secondary N) is 2. The largest absolute Gasteiger partial charge is 0.372 e. The molecular formula is C18H20FN5O2. The van der Waals surface area contributed by atoms with Crippen molar-refractivity contribution in [2.24, 2.45) is 13.0 Å². The van der Waals surface area contributed by atoms with Crippen molar-refractivity contribution in [2.75, 3.05) is 13.2 Å². The summed E-state index contributed by atoms with van der Waals surface area (Å²) in [6.07, 6.45) is 4.96. The summed E-state index contributed by atoms with van der Waals surface area (Å²) in [5, 5.41) is 7.12. The number of ether oxygens (including phenoxy) is 1. The number of carbonyl (C=O) groups is 1. The van der Waals surface area contributed by atoms with Crippen LogP contribution in [-0.4, -0.2) is 38.8 Å². The molecule has 26 heavy (non-hydrogen) atoms. The number of amides is 1. The fraction of sp³-hybridized carbons (Fsp3) is 0.389. The van der Waals surface area contributed by atoms with Gasteiger partial charge in [-0.05, 0) is 31.0 Å². The molecule has 4 rings (SSSR count). The number of hydrogen-bond donors (Lipinski definition) is 2. The summed E-state index contributed by atoms with van der Waals surface area (Å²) >= 11 is 0. The summed E-state index contributed by atoms with van der Waals surface area (Å²) in [4.78, 5) is 19.6. The summed E-state index contributed by atoms with van der Waals surface area (Å²) in [5.74, 6) is -0.678. The standard InChI is InChI=1S/C18H20FN5O2/c1-24-15(4-5-23-24)17-11(3-2-6-26-17)9-20-18(25)13-7-12(19)8-14-16(13)22-10-21-14/h4-5,7-8,10-11,17H,2-3,6,9H2,1H3,(H,20,25)(H,21,22)/t11-,17+/m0/s1. The highest BCUT2D eigenvalue weighted by molar-refractivity contribution is 6.04. The van der Waals surface area contributed by atoms with Crippen LogP contribution in [0.1, 0.15) is 35.0 Å². The molecule has 1 fully saturated rings. The quantitative estimate of drug-likeness (QED) is 0.751. The molecule has 136 valence electrons. The van der Waals surface area contributed by atoms with Crippen molar-refractivity contribution in [3.8, 4) is 0 Å². The number of benzene rings is 1. The maximum absolute atomic E-state index is 13.8. The molecule has 3 heterocycles. The van der Waals surface area contributed by atoms with Gasteiger partial charge in [0.15, 0.2) is 0 Å². The molecule has 3 aromatic rings. The van der Waals surface area contributed by atoms with E-state index in [0.717, 1.165) is 18.5 Å². The number of carbonyl (C=O) groups excluding carboxylic acids is 1. The van der Waals surface area contributed by atoms with E-state index >= 15 is 0 Å². The number of rotatable bonds is 4. The summed E-state index contributed by atoms with van der Waals surface area (Å²) in [5.41, 5.74) is 2.19. The lowest BCUT2D eigenvalue weighted by molar-refractivity contribution is -0.0317. The van der Waals surface area contributed by atoms with Crippen LogP contribution in [0.25, 0.3) is 11.0 Å². The fourth-order valence-electron chi connectivity index (χ4n) is 3.55. The smallest absolute Gasteiger partial charge is 0.253 e. The van der Waals surface area contributed by atoms with Crippen LogP contribution in [0.5, 0.6) is 0 Å². The van der Waals surface area contributed by atoms with E-state index in [9.17, 15) is 9.18 Å². The number of fused-ring (bicyclic) bond motifs is 1. The third-order valence-corrected chi connectivity index (χ3v) is 4.85. The summed E-state index contributed by atoms with van der Waals surface area (Å²) < 4.78 is 21.5. The van der Waals surface area contributed by atoms with Gasteiger partial charge in [0.1, 0.15) is 17.4 Å². The molecule has 7 nitrogen and oxygen atoms in total. The normalized spacial score (nSPS) is 20.4. The van der Waals surface area contributed by atoms with Crippen molar-refractivity contribution in [3.63, 3.8) is 0 Å². The first-order valence-corrected chi connectivity index (χ1v) is 8.64. The van der Waals surface area contributed by atoms with E-state index in [4.69, 9.17) is 4.74 Å². The second kappa shape index (κ2) is 6.87. The van der Waals surface area contributed by atoms with Crippen LogP contribution in [0.15, 0.2) is 30.7 Å². The van der Waals surface area contributed by atoms with Crippen molar-refractivity contribution in [2.45, 2.75) is 18.9 Å². The van der Waals surface area contributed by atoms with Gasteiger partial charge in [0.25, 0.3) is 5.91 Å². The molecule has 1 aliphatic rings. The zero-order valence-corrected chi connectivity index (χ0v) is 14.4. The lowest BCUT2D eigenvalue weighted by Gasteiger charge is -2.32. The molecule has 2 atom stereocenters. The number of imidazole rings is 1. The second-order valence-corrected chi connectivity index (χ2v) is 6.54. The molecule has 1 saturated heterocycles. The lowest BCUT2D eigenvalue weighted by Crippen LogP contribution is -2.35. The number of halogens is 1. The number of hydrogen-bond acceptors (Lipinski definition) is 4. The van der Waals surface area contributed by atoms with E-state index in [0.29, 0.717) is 24.2 Å². The first-order valence-electron chi connectivity index (χ1n) is 8.64. The van der Waals surface area contributed by atoms with Gasteiger partial charge >= 0.3 is 0 Å². The van der Waals surface area contributed by atoms with Gasteiger partial charge in [0, 0.05) is 32.3 Å². The zero-order valence-electron chi connectivity index (χ0n) is 14.4. The molecule has 0 aliphatic carbocycles. The number of aromatic amines is 1. The highest BCUT2D eigenvalue weighted by Crippen LogP contribution is 2.33. The minimum atomic E-state index is -0.472. The first-order chi connectivity index (χ1) is 12.6. The molecule has 0 unspecified atom stereocenters. The average molecular weight is 357 g/mol. The summed E-state index contributed by atoms with van der Waals surface area (Å²) in [6, 6.07) is 4.48. The van der Waals surface area contributed by atoms with Crippen molar-refractivity contribution in [3.05, 3.63) is 47.8 Å². The minimum Gasteiger partial charge on any atom is -0.372 e. The van der Waals surface area contributed by atoms with E-state index in [2.05, 4.69) is 20.4 Å². The Balaban J connectivity index is 1.51. The molecule has 8 heteroatoms. The highest BCUT2D eigenvalue weighted by atomic mass is 19.1. The Morgan fingerprint density at radius 3 is 3.19 bits per heavy atom. The summed E-state index contributed by atoms with van der Waals surface area (Å²) in [7, 11) is 1.88. The molecule has 0 saturated carbocycles. The fourth-order valence-corrected chi connectivity index (χ4v) is 3.55. The molecule has 1 aliphatic heterocycles. The summed E-state index contributed by atoms with van der Waals surface area (Å²) in [6.45, 7) is 1.13. The van der Waals surface area contributed by atoms with E-state index in [1.165, 1.54) is 18.5 Å². The predicted octanol–water partition coefficient (Wildman–Crippen LogP) is 2.33. The Morgan fingerprint density at radius 2 is 2.38 bits per heavy atom. The van der Waals surface area contributed by atoms with Gasteiger partial charge in [-0.3, -0.25) is 9.48 Å². The van der Waals surface area contributed by atoms with Crippen LogP contribution in [0, 0.1) is 11.7 Å². The molecule has 1 amide bonds.